The van der Waals surface area contributed by atoms with Crippen LogP contribution < -0.4 is 5.32 Å². The van der Waals surface area contributed by atoms with E-state index in [0.29, 0.717) is 6.42 Å². The molecule has 0 bridgehead atoms. The molecule has 0 amide bonds. The monoisotopic (exact) mass is 291 g/mol. The number of aromatic nitrogens is 2. The van der Waals surface area contributed by atoms with E-state index in [9.17, 15) is 9.90 Å². The van der Waals surface area contributed by atoms with Gasteiger partial charge in [0.15, 0.2) is 0 Å². The maximum Gasteiger partial charge on any atom is 0.311 e. The smallest absolute Gasteiger partial charge is 0.311 e. The van der Waals surface area contributed by atoms with Crippen LogP contribution in [-0.4, -0.2) is 27.1 Å². The number of nitrogens with zero attached hydrogens (tertiary/aromatic N) is 2. The van der Waals surface area contributed by atoms with Crippen molar-refractivity contribution in [2.24, 2.45) is 5.41 Å². The summed E-state index contributed by atoms with van der Waals surface area (Å²) in [6, 6.07) is 1.81. The molecule has 116 valence electrons. The number of carbonyl (C=O) groups is 1. The van der Waals surface area contributed by atoms with Crippen molar-refractivity contribution in [1.82, 2.24) is 9.97 Å². The highest BCUT2D eigenvalue weighted by Crippen LogP contribution is 2.38. The summed E-state index contributed by atoms with van der Waals surface area (Å²) < 4.78 is 0. The van der Waals surface area contributed by atoms with Gasteiger partial charge in [-0.05, 0) is 26.7 Å². The molecule has 5 nitrogen and oxygen atoms in total. The number of anilines is 1. The van der Waals surface area contributed by atoms with Crippen molar-refractivity contribution < 1.29 is 9.90 Å². The third-order valence-electron chi connectivity index (χ3n) is 4.41. The zero-order chi connectivity index (χ0) is 15.6. The predicted octanol–water partition coefficient (Wildman–Crippen LogP) is 3.35. The van der Waals surface area contributed by atoms with Gasteiger partial charge in [0.05, 0.1) is 5.41 Å². The SMILES string of the molecule is Cc1cc(NC2CCCCC2(C)C(=O)O)nc(C(C)C)n1. The molecule has 1 heterocycles. The van der Waals surface area contributed by atoms with Crippen LogP contribution in [-0.2, 0) is 4.79 Å². The van der Waals surface area contributed by atoms with E-state index in [2.05, 4.69) is 29.1 Å². The van der Waals surface area contributed by atoms with E-state index >= 15 is 0 Å². The lowest BCUT2D eigenvalue weighted by atomic mass is 9.71. The molecule has 1 aliphatic rings. The van der Waals surface area contributed by atoms with Crippen LogP contribution in [0.25, 0.3) is 0 Å². The van der Waals surface area contributed by atoms with Crippen molar-refractivity contribution in [3.05, 3.63) is 17.6 Å². The first-order valence-electron chi connectivity index (χ1n) is 7.68. The fourth-order valence-corrected chi connectivity index (χ4v) is 2.92. The van der Waals surface area contributed by atoms with E-state index in [4.69, 9.17) is 0 Å². The third-order valence-corrected chi connectivity index (χ3v) is 4.41. The maximum absolute atomic E-state index is 11.6. The number of aliphatic carboxylic acids is 1. The lowest BCUT2D eigenvalue weighted by molar-refractivity contribution is -0.150. The number of aryl methyl sites for hydroxylation is 1. The molecule has 0 saturated heterocycles. The number of nitrogens with one attached hydrogen (secondary N) is 1. The molecule has 0 aromatic carbocycles. The molecular formula is C16H25N3O2. The maximum atomic E-state index is 11.6. The summed E-state index contributed by atoms with van der Waals surface area (Å²) in [6.07, 6.45) is 3.60. The Bertz CT molecular complexity index is 530. The third kappa shape index (κ3) is 3.34. The van der Waals surface area contributed by atoms with Gasteiger partial charge in [-0.15, -0.1) is 0 Å². The average molecular weight is 291 g/mol. The van der Waals surface area contributed by atoms with Crippen LogP contribution in [0.4, 0.5) is 5.82 Å². The van der Waals surface area contributed by atoms with Gasteiger partial charge in [0.2, 0.25) is 0 Å². The Morgan fingerprint density at radius 1 is 1.43 bits per heavy atom. The quantitative estimate of drug-likeness (QED) is 0.889. The minimum Gasteiger partial charge on any atom is -0.481 e. The number of carboxylic acid groups (broad SMARTS) is 1. The van der Waals surface area contributed by atoms with Gasteiger partial charge in [0, 0.05) is 23.7 Å². The van der Waals surface area contributed by atoms with E-state index < -0.39 is 11.4 Å². The average Bonchev–Trinajstić information content (AvgIpc) is 2.40. The predicted molar refractivity (Wildman–Crippen MR) is 82.5 cm³/mol. The molecule has 1 fully saturated rings. The Morgan fingerprint density at radius 2 is 2.14 bits per heavy atom. The molecule has 1 aromatic rings. The molecule has 1 aliphatic carbocycles. The molecule has 2 rings (SSSR count). The van der Waals surface area contributed by atoms with Gasteiger partial charge >= 0.3 is 5.97 Å². The van der Waals surface area contributed by atoms with Gasteiger partial charge < -0.3 is 10.4 Å². The standard InChI is InChI=1S/C16H25N3O2/c1-10(2)14-17-11(3)9-13(19-14)18-12-7-5-6-8-16(12,4)15(20)21/h9-10,12H,5-8H2,1-4H3,(H,20,21)(H,17,18,19). The van der Waals surface area contributed by atoms with Crippen LogP contribution in [0, 0.1) is 12.3 Å². The Kier molecular flexibility index (Phi) is 4.49. The highest BCUT2D eigenvalue weighted by molar-refractivity contribution is 5.76. The summed E-state index contributed by atoms with van der Waals surface area (Å²) in [4.78, 5) is 20.6. The molecule has 5 heteroatoms. The van der Waals surface area contributed by atoms with Gasteiger partial charge in [-0.3, -0.25) is 4.79 Å². The first kappa shape index (κ1) is 15.7. The molecule has 0 aliphatic heterocycles. The van der Waals surface area contributed by atoms with E-state index in [1.165, 1.54) is 0 Å². The minimum atomic E-state index is -0.727. The molecule has 0 radical (unpaired) electrons. The second-order valence-corrected chi connectivity index (χ2v) is 6.57. The summed E-state index contributed by atoms with van der Waals surface area (Å²) in [7, 11) is 0. The number of hydrogen-bond donors (Lipinski definition) is 2. The largest absolute Gasteiger partial charge is 0.481 e. The van der Waals surface area contributed by atoms with Gasteiger partial charge in [-0.2, -0.15) is 0 Å². The topological polar surface area (TPSA) is 75.1 Å². The van der Waals surface area contributed by atoms with Crippen LogP contribution >= 0.6 is 0 Å². The lowest BCUT2D eigenvalue weighted by Crippen LogP contribution is -2.46. The van der Waals surface area contributed by atoms with Crippen molar-refractivity contribution in [1.29, 1.82) is 0 Å². The van der Waals surface area contributed by atoms with Crippen molar-refractivity contribution in [2.45, 2.75) is 65.3 Å². The number of rotatable bonds is 4. The zero-order valence-corrected chi connectivity index (χ0v) is 13.3. The molecule has 2 atom stereocenters. The normalized spacial score (nSPS) is 25.9. The number of carboxylic acids is 1. The van der Waals surface area contributed by atoms with Crippen LogP contribution in [0.1, 0.15) is 63.9 Å². The Labute approximate surface area is 126 Å². The zero-order valence-electron chi connectivity index (χ0n) is 13.3. The Morgan fingerprint density at radius 3 is 2.76 bits per heavy atom. The van der Waals surface area contributed by atoms with Crippen LogP contribution in [0.15, 0.2) is 6.07 Å². The first-order chi connectivity index (χ1) is 9.83. The van der Waals surface area contributed by atoms with Crippen molar-refractivity contribution >= 4 is 11.8 Å². The van der Waals surface area contributed by atoms with Crippen molar-refractivity contribution in [3.63, 3.8) is 0 Å². The van der Waals surface area contributed by atoms with E-state index in [1.807, 2.05) is 19.9 Å². The van der Waals surface area contributed by atoms with Crippen LogP contribution in [0.5, 0.6) is 0 Å². The molecular weight excluding hydrogens is 266 g/mol. The Balaban J connectivity index is 2.25. The summed E-state index contributed by atoms with van der Waals surface area (Å²) in [5, 5.41) is 12.9. The lowest BCUT2D eigenvalue weighted by Gasteiger charge is -2.38. The molecule has 2 N–H and O–H groups in total. The summed E-state index contributed by atoms with van der Waals surface area (Å²) in [6.45, 7) is 7.89. The second kappa shape index (κ2) is 6.00. The summed E-state index contributed by atoms with van der Waals surface area (Å²) in [5.74, 6) is 1.06. The van der Waals surface area contributed by atoms with Gasteiger partial charge in [0.25, 0.3) is 0 Å². The van der Waals surface area contributed by atoms with Gasteiger partial charge in [-0.1, -0.05) is 26.7 Å². The summed E-state index contributed by atoms with van der Waals surface area (Å²) in [5.41, 5.74) is 0.179. The molecule has 1 aromatic heterocycles. The molecule has 21 heavy (non-hydrogen) atoms. The highest BCUT2D eigenvalue weighted by Gasteiger charge is 2.43. The van der Waals surface area contributed by atoms with Gasteiger partial charge in [0.1, 0.15) is 11.6 Å². The fraction of sp³-hybridized carbons (Fsp3) is 0.688. The van der Waals surface area contributed by atoms with E-state index in [1.54, 1.807) is 0 Å². The minimum absolute atomic E-state index is 0.0851. The van der Waals surface area contributed by atoms with Crippen molar-refractivity contribution in [2.75, 3.05) is 5.32 Å². The summed E-state index contributed by atoms with van der Waals surface area (Å²) >= 11 is 0. The fourth-order valence-electron chi connectivity index (χ4n) is 2.92. The molecule has 1 saturated carbocycles. The molecule has 0 spiro atoms. The van der Waals surface area contributed by atoms with Crippen LogP contribution in [0.2, 0.25) is 0 Å². The Hall–Kier alpha value is -1.65. The van der Waals surface area contributed by atoms with Crippen molar-refractivity contribution in [3.8, 4) is 0 Å². The van der Waals surface area contributed by atoms with Crippen LogP contribution in [0.3, 0.4) is 0 Å². The molecule has 2 unspecified atom stereocenters. The highest BCUT2D eigenvalue weighted by atomic mass is 16.4. The van der Waals surface area contributed by atoms with E-state index in [-0.39, 0.29) is 12.0 Å². The van der Waals surface area contributed by atoms with E-state index in [0.717, 1.165) is 36.6 Å². The first-order valence-corrected chi connectivity index (χ1v) is 7.68. The number of hydrogen-bond acceptors (Lipinski definition) is 4. The second-order valence-electron chi connectivity index (χ2n) is 6.57. The van der Waals surface area contributed by atoms with Gasteiger partial charge in [-0.25, -0.2) is 9.97 Å².